The van der Waals surface area contributed by atoms with Crippen LogP contribution in [0.1, 0.15) is 30.0 Å². The average Bonchev–Trinajstić information content (AvgIpc) is 2.19. The molecule has 14 heavy (non-hydrogen) atoms. The monoisotopic (exact) mass is 208 g/mol. The predicted octanol–water partition coefficient (Wildman–Crippen LogP) is 2.50. The first-order valence-electron chi connectivity index (χ1n) is 5.07. The highest BCUT2D eigenvalue weighted by atomic mass is 32.2. The van der Waals surface area contributed by atoms with Crippen LogP contribution in [0.25, 0.3) is 0 Å². The van der Waals surface area contributed by atoms with Crippen LogP contribution < -0.4 is 5.32 Å². The van der Waals surface area contributed by atoms with E-state index in [4.69, 9.17) is 0 Å². The Hall–Kier alpha value is -0.540. The highest BCUT2D eigenvalue weighted by Crippen LogP contribution is 2.33. The third-order valence-electron chi connectivity index (χ3n) is 2.49. The first-order chi connectivity index (χ1) is 6.75. The summed E-state index contributed by atoms with van der Waals surface area (Å²) < 4.78 is 0. The van der Waals surface area contributed by atoms with Crippen LogP contribution in [0.5, 0.6) is 0 Å². The molecule has 2 heterocycles. The summed E-state index contributed by atoms with van der Waals surface area (Å²) in [6, 6.07) is 4.25. The molecule has 1 aliphatic heterocycles. The van der Waals surface area contributed by atoms with Crippen molar-refractivity contribution in [1.29, 1.82) is 0 Å². The van der Waals surface area contributed by atoms with Crippen LogP contribution in [-0.4, -0.2) is 16.8 Å². The Bertz CT molecular complexity index is 297. The maximum atomic E-state index is 4.33. The molecule has 2 nitrogen and oxygen atoms in total. The van der Waals surface area contributed by atoms with Crippen molar-refractivity contribution in [2.45, 2.75) is 30.9 Å². The number of pyridine rings is 1. The summed E-state index contributed by atoms with van der Waals surface area (Å²) in [5.41, 5.74) is 2.38. The molecule has 1 saturated heterocycles. The van der Waals surface area contributed by atoms with Gasteiger partial charge in [0.2, 0.25) is 0 Å². The second-order valence-corrected chi connectivity index (χ2v) is 5.35. The third-order valence-corrected chi connectivity index (χ3v) is 3.90. The Labute approximate surface area is 89.5 Å². The van der Waals surface area contributed by atoms with Gasteiger partial charge in [-0.05, 0) is 31.5 Å². The van der Waals surface area contributed by atoms with E-state index in [2.05, 4.69) is 29.4 Å². The van der Waals surface area contributed by atoms with Gasteiger partial charge in [0.1, 0.15) is 0 Å². The smallest absolute Gasteiger partial charge is 0.0807 e. The van der Waals surface area contributed by atoms with Crippen LogP contribution in [0.2, 0.25) is 0 Å². The predicted molar refractivity (Wildman–Crippen MR) is 61.4 cm³/mol. The lowest BCUT2D eigenvalue weighted by Gasteiger charge is -2.27. The number of hydrogen-bond donors (Lipinski definition) is 1. The van der Waals surface area contributed by atoms with Crippen molar-refractivity contribution in [3.05, 3.63) is 29.6 Å². The minimum atomic E-state index is 0.437. The number of thioether (sulfide) groups is 1. The molecule has 0 saturated carbocycles. The lowest BCUT2D eigenvalue weighted by molar-refractivity contribution is 0.604. The van der Waals surface area contributed by atoms with Crippen molar-refractivity contribution in [3.63, 3.8) is 0 Å². The fourth-order valence-electron chi connectivity index (χ4n) is 1.60. The topological polar surface area (TPSA) is 24.9 Å². The van der Waals surface area contributed by atoms with E-state index in [1.54, 1.807) is 0 Å². The van der Waals surface area contributed by atoms with Gasteiger partial charge < -0.3 is 5.32 Å². The first kappa shape index (κ1) is 9.99. The zero-order chi connectivity index (χ0) is 9.97. The molecule has 0 radical (unpaired) electrons. The van der Waals surface area contributed by atoms with Crippen LogP contribution >= 0.6 is 11.8 Å². The summed E-state index contributed by atoms with van der Waals surface area (Å²) in [4.78, 5) is 4.33. The lowest BCUT2D eigenvalue weighted by Crippen LogP contribution is -2.28. The van der Waals surface area contributed by atoms with E-state index in [0.717, 1.165) is 17.5 Å². The molecule has 2 unspecified atom stereocenters. The molecule has 2 atom stereocenters. The quantitative estimate of drug-likeness (QED) is 0.767. The Kier molecular flexibility index (Phi) is 3.08. The summed E-state index contributed by atoms with van der Waals surface area (Å²) in [6.45, 7) is 5.43. The molecule has 3 heteroatoms. The van der Waals surface area contributed by atoms with Gasteiger partial charge in [-0.2, -0.15) is 0 Å². The SMILES string of the molecule is Cc1ccc(C2NCCC(C)S2)cn1. The normalized spacial score (nSPS) is 27.6. The number of rotatable bonds is 1. The van der Waals surface area contributed by atoms with Crippen molar-refractivity contribution < 1.29 is 0 Å². The van der Waals surface area contributed by atoms with E-state index in [1.165, 1.54) is 12.0 Å². The van der Waals surface area contributed by atoms with Gasteiger partial charge in [0.05, 0.1) is 5.37 Å². The van der Waals surface area contributed by atoms with Crippen molar-refractivity contribution >= 4 is 11.8 Å². The van der Waals surface area contributed by atoms with E-state index in [9.17, 15) is 0 Å². The molecule has 1 aromatic rings. The van der Waals surface area contributed by atoms with E-state index in [-0.39, 0.29) is 0 Å². The zero-order valence-corrected chi connectivity index (χ0v) is 9.47. The van der Waals surface area contributed by atoms with Gasteiger partial charge in [-0.25, -0.2) is 0 Å². The summed E-state index contributed by atoms with van der Waals surface area (Å²) in [6.07, 6.45) is 3.25. The third kappa shape index (κ3) is 2.28. The fraction of sp³-hybridized carbons (Fsp3) is 0.545. The molecule has 1 aliphatic rings. The van der Waals surface area contributed by atoms with Crippen molar-refractivity contribution in [3.8, 4) is 0 Å². The molecule has 1 N–H and O–H groups in total. The molecule has 76 valence electrons. The van der Waals surface area contributed by atoms with E-state index < -0.39 is 0 Å². The van der Waals surface area contributed by atoms with Crippen molar-refractivity contribution in [1.82, 2.24) is 10.3 Å². The van der Waals surface area contributed by atoms with Gasteiger partial charge in [0.25, 0.3) is 0 Å². The second kappa shape index (κ2) is 4.32. The van der Waals surface area contributed by atoms with Gasteiger partial charge in [-0.3, -0.25) is 4.98 Å². The molecular formula is C11H16N2S. The number of hydrogen-bond acceptors (Lipinski definition) is 3. The number of nitrogens with zero attached hydrogens (tertiary/aromatic N) is 1. The van der Waals surface area contributed by atoms with E-state index in [0.29, 0.717) is 5.37 Å². The van der Waals surface area contributed by atoms with Gasteiger partial charge in [0.15, 0.2) is 0 Å². The minimum absolute atomic E-state index is 0.437. The molecule has 2 rings (SSSR count). The van der Waals surface area contributed by atoms with Crippen LogP contribution in [0.15, 0.2) is 18.3 Å². The maximum Gasteiger partial charge on any atom is 0.0807 e. The van der Waals surface area contributed by atoms with Crippen molar-refractivity contribution in [2.75, 3.05) is 6.54 Å². The van der Waals surface area contributed by atoms with Crippen LogP contribution in [0.3, 0.4) is 0 Å². The van der Waals surface area contributed by atoms with Crippen LogP contribution in [0.4, 0.5) is 0 Å². The molecule has 1 aromatic heterocycles. The Morgan fingerprint density at radius 1 is 1.50 bits per heavy atom. The maximum absolute atomic E-state index is 4.33. The average molecular weight is 208 g/mol. The molecular weight excluding hydrogens is 192 g/mol. The van der Waals surface area contributed by atoms with Gasteiger partial charge in [0, 0.05) is 17.1 Å². The molecule has 0 aliphatic carbocycles. The highest BCUT2D eigenvalue weighted by molar-refractivity contribution is 8.00. The van der Waals surface area contributed by atoms with E-state index in [1.807, 2.05) is 24.9 Å². The van der Waals surface area contributed by atoms with Gasteiger partial charge in [-0.1, -0.05) is 13.0 Å². The largest absolute Gasteiger partial charge is 0.302 e. The Morgan fingerprint density at radius 2 is 2.36 bits per heavy atom. The Morgan fingerprint density at radius 3 is 3.00 bits per heavy atom. The standard InChI is InChI=1S/C11H16N2S/c1-8-3-4-10(7-13-8)11-12-6-5-9(2)14-11/h3-4,7,9,11-12H,5-6H2,1-2H3. The number of nitrogens with one attached hydrogen (secondary N) is 1. The summed E-state index contributed by atoms with van der Waals surface area (Å²) in [5.74, 6) is 0. The summed E-state index contributed by atoms with van der Waals surface area (Å²) in [5, 5.41) is 4.70. The molecule has 0 amide bonds. The van der Waals surface area contributed by atoms with Crippen LogP contribution in [0, 0.1) is 6.92 Å². The summed E-state index contributed by atoms with van der Waals surface area (Å²) in [7, 11) is 0. The lowest BCUT2D eigenvalue weighted by atomic mass is 10.2. The molecule has 0 spiro atoms. The first-order valence-corrected chi connectivity index (χ1v) is 6.01. The van der Waals surface area contributed by atoms with Crippen molar-refractivity contribution in [2.24, 2.45) is 0 Å². The van der Waals surface area contributed by atoms with Crippen LogP contribution in [-0.2, 0) is 0 Å². The molecule has 0 aromatic carbocycles. The highest BCUT2D eigenvalue weighted by Gasteiger charge is 2.19. The fourth-order valence-corrected chi connectivity index (χ4v) is 2.83. The Balaban J connectivity index is 2.10. The van der Waals surface area contributed by atoms with E-state index >= 15 is 0 Å². The number of aromatic nitrogens is 1. The summed E-state index contributed by atoms with van der Waals surface area (Å²) >= 11 is 1.99. The number of aryl methyl sites for hydroxylation is 1. The van der Waals surface area contributed by atoms with Gasteiger partial charge in [-0.15, -0.1) is 11.8 Å². The molecule has 0 bridgehead atoms. The second-order valence-electron chi connectivity index (χ2n) is 3.80. The minimum Gasteiger partial charge on any atom is -0.302 e. The molecule has 1 fully saturated rings. The van der Waals surface area contributed by atoms with Gasteiger partial charge >= 0.3 is 0 Å². The zero-order valence-electron chi connectivity index (χ0n) is 8.66.